The average Bonchev–Trinajstić information content (AvgIpc) is 2.24. The molecular weight excluding hydrogens is 220 g/mol. The summed E-state index contributed by atoms with van der Waals surface area (Å²) in [5.41, 5.74) is 3.30. The van der Waals surface area contributed by atoms with Gasteiger partial charge < -0.3 is 14.6 Å². The molecule has 1 N–H and O–H groups in total. The first-order valence-corrected chi connectivity index (χ1v) is 5.48. The average molecular weight is 238 g/mol. The second-order valence-corrected chi connectivity index (χ2v) is 3.96. The Morgan fingerprint density at radius 1 is 1.29 bits per heavy atom. The third-order valence-electron chi connectivity index (χ3n) is 2.48. The summed E-state index contributed by atoms with van der Waals surface area (Å²) in [6, 6.07) is 4.08. The van der Waals surface area contributed by atoms with Crippen molar-refractivity contribution >= 4 is 5.97 Å². The fourth-order valence-electron chi connectivity index (χ4n) is 1.86. The summed E-state index contributed by atoms with van der Waals surface area (Å²) < 4.78 is 10.3. The van der Waals surface area contributed by atoms with E-state index in [0.29, 0.717) is 13.0 Å². The van der Waals surface area contributed by atoms with Crippen molar-refractivity contribution in [2.45, 2.75) is 20.3 Å². The molecule has 0 radical (unpaired) electrons. The molecule has 0 spiro atoms. The summed E-state index contributed by atoms with van der Waals surface area (Å²) in [7, 11) is 1.66. The lowest BCUT2D eigenvalue weighted by atomic mass is 10.0. The molecule has 0 fully saturated rings. The molecule has 0 heterocycles. The predicted octanol–water partition coefficient (Wildman–Crippen LogP) is 1.96. The number of carboxylic acid groups (broad SMARTS) is 1. The van der Waals surface area contributed by atoms with Crippen LogP contribution in [-0.2, 0) is 16.0 Å². The summed E-state index contributed by atoms with van der Waals surface area (Å²) in [4.78, 5) is 10.3. The van der Waals surface area contributed by atoms with E-state index >= 15 is 0 Å². The number of ether oxygens (including phenoxy) is 2. The van der Waals surface area contributed by atoms with Gasteiger partial charge in [0.25, 0.3) is 0 Å². The van der Waals surface area contributed by atoms with E-state index in [1.165, 1.54) is 0 Å². The van der Waals surface area contributed by atoms with E-state index in [1.807, 2.05) is 26.0 Å². The Balaban J connectivity index is 2.58. The van der Waals surface area contributed by atoms with E-state index in [2.05, 4.69) is 0 Å². The van der Waals surface area contributed by atoms with Gasteiger partial charge in [-0.05, 0) is 37.0 Å². The van der Waals surface area contributed by atoms with Gasteiger partial charge in [0.1, 0.15) is 12.4 Å². The molecule has 17 heavy (non-hydrogen) atoms. The number of carboxylic acids is 1. The SMILES string of the molecule is COc1c(C)cc(CCOCC(=O)O)cc1C. The summed E-state index contributed by atoms with van der Waals surface area (Å²) >= 11 is 0. The van der Waals surface area contributed by atoms with Crippen LogP contribution >= 0.6 is 0 Å². The number of rotatable bonds is 6. The Hall–Kier alpha value is -1.55. The van der Waals surface area contributed by atoms with E-state index in [1.54, 1.807) is 7.11 Å². The van der Waals surface area contributed by atoms with Gasteiger partial charge in [0.05, 0.1) is 13.7 Å². The van der Waals surface area contributed by atoms with Crippen molar-refractivity contribution in [3.05, 3.63) is 28.8 Å². The smallest absolute Gasteiger partial charge is 0.329 e. The van der Waals surface area contributed by atoms with Crippen LogP contribution in [0.5, 0.6) is 5.75 Å². The highest BCUT2D eigenvalue weighted by molar-refractivity contribution is 5.67. The zero-order chi connectivity index (χ0) is 12.8. The van der Waals surface area contributed by atoms with Crippen LogP contribution < -0.4 is 4.74 Å². The summed E-state index contributed by atoms with van der Waals surface area (Å²) in [6.07, 6.45) is 0.707. The zero-order valence-electron chi connectivity index (χ0n) is 10.4. The summed E-state index contributed by atoms with van der Waals surface area (Å²) in [6.45, 7) is 4.16. The zero-order valence-corrected chi connectivity index (χ0v) is 10.4. The molecule has 0 aromatic heterocycles. The molecule has 0 aliphatic carbocycles. The monoisotopic (exact) mass is 238 g/mol. The first-order chi connectivity index (χ1) is 8.04. The highest BCUT2D eigenvalue weighted by atomic mass is 16.5. The minimum absolute atomic E-state index is 0.242. The number of aryl methyl sites for hydroxylation is 2. The molecule has 0 amide bonds. The molecule has 0 saturated heterocycles. The highest BCUT2D eigenvalue weighted by Gasteiger charge is 2.05. The number of carbonyl (C=O) groups is 1. The third kappa shape index (κ3) is 4.07. The van der Waals surface area contributed by atoms with Crippen molar-refractivity contribution in [3.8, 4) is 5.75 Å². The van der Waals surface area contributed by atoms with E-state index in [0.717, 1.165) is 22.4 Å². The van der Waals surface area contributed by atoms with Gasteiger partial charge in [0, 0.05) is 0 Å². The Kier molecular flexibility index (Phi) is 4.97. The Labute approximate surface area is 101 Å². The van der Waals surface area contributed by atoms with Crippen molar-refractivity contribution < 1.29 is 19.4 Å². The van der Waals surface area contributed by atoms with Crippen molar-refractivity contribution in [1.29, 1.82) is 0 Å². The van der Waals surface area contributed by atoms with Gasteiger partial charge in [-0.2, -0.15) is 0 Å². The lowest BCUT2D eigenvalue weighted by molar-refractivity contribution is -0.142. The molecular formula is C13H18O4. The molecule has 1 rings (SSSR count). The van der Waals surface area contributed by atoms with Crippen LogP contribution in [0.15, 0.2) is 12.1 Å². The second-order valence-electron chi connectivity index (χ2n) is 3.96. The highest BCUT2D eigenvalue weighted by Crippen LogP contribution is 2.24. The number of benzene rings is 1. The molecule has 4 heteroatoms. The minimum Gasteiger partial charge on any atom is -0.496 e. The first kappa shape index (κ1) is 13.5. The summed E-state index contributed by atoms with van der Waals surface area (Å²) in [5.74, 6) is -0.0349. The van der Waals surface area contributed by atoms with Gasteiger partial charge in [-0.3, -0.25) is 0 Å². The maximum absolute atomic E-state index is 10.3. The molecule has 0 bridgehead atoms. The first-order valence-electron chi connectivity index (χ1n) is 5.48. The maximum atomic E-state index is 10.3. The summed E-state index contributed by atoms with van der Waals surface area (Å²) in [5, 5.41) is 8.43. The standard InChI is InChI=1S/C13H18O4/c1-9-6-11(4-5-17-8-12(14)15)7-10(2)13(9)16-3/h6-7H,4-5,8H2,1-3H3,(H,14,15). The molecule has 0 unspecified atom stereocenters. The topological polar surface area (TPSA) is 55.8 Å². The fraction of sp³-hybridized carbons (Fsp3) is 0.462. The minimum atomic E-state index is -0.938. The molecule has 94 valence electrons. The van der Waals surface area contributed by atoms with Crippen LogP contribution in [0.1, 0.15) is 16.7 Å². The van der Waals surface area contributed by atoms with Crippen molar-refractivity contribution in [3.63, 3.8) is 0 Å². The van der Waals surface area contributed by atoms with E-state index in [4.69, 9.17) is 14.6 Å². The Morgan fingerprint density at radius 3 is 2.35 bits per heavy atom. The van der Waals surface area contributed by atoms with Crippen LogP contribution in [0.4, 0.5) is 0 Å². The Morgan fingerprint density at radius 2 is 1.88 bits per heavy atom. The molecule has 0 atom stereocenters. The third-order valence-corrected chi connectivity index (χ3v) is 2.48. The van der Waals surface area contributed by atoms with Gasteiger partial charge in [-0.25, -0.2) is 4.79 Å². The van der Waals surface area contributed by atoms with E-state index in [9.17, 15) is 4.79 Å². The lowest BCUT2D eigenvalue weighted by Gasteiger charge is -2.11. The quantitative estimate of drug-likeness (QED) is 0.770. The fourth-order valence-corrected chi connectivity index (χ4v) is 1.86. The number of hydrogen-bond donors (Lipinski definition) is 1. The predicted molar refractivity (Wildman–Crippen MR) is 64.6 cm³/mol. The van der Waals surface area contributed by atoms with Gasteiger partial charge in [0.15, 0.2) is 0 Å². The normalized spacial score (nSPS) is 10.3. The van der Waals surface area contributed by atoms with Crippen molar-refractivity contribution in [2.24, 2.45) is 0 Å². The largest absolute Gasteiger partial charge is 0.496 e. The molecule has 0 aliphatic heterocycles. The van der Waals surface area contributed by atoms with Gasteiger partial charge in [0.2, 0.25) is 0 Å². The van der Waals surface area contributed by atoms with E-state index in [-0.39, 0.29) is 6.61 Å². The van der Waals surface area contributed by atoms with E-state index < -0.39 is 5.97 Å². The maximum Gasteiger partial charge on any atom is 0.329 e. The number of hydrogen-bond acceptors (Lipinski definition) is 3. The van der Waals surface area contributed by atoms with Crippen LogP contribution in [-0.4, -0.2) is 31.4 Å². The van der Waals surface area contributed by atoms with Crippen molar-refractivity contribution in [1.82, 2.24) is 0 Å². The number of aliphatic carboxylic acids is 1. The van der Waals surface area contributed by atoms with Crippen LogP contribution in [0.2, 0.25) is 0 Å². The van der Waals surface area contributed by atoms with Crippen molar-refractivity contribution in [2.75, 3.05) is 20.3 Å². The molecule has 4 nitrogen and oxygen atoms in total. The van der Waals surface area contributed by atoms with Gasteiger partial charge >= 0.3 is 5.97 Å². The van der Waals surface area contributed by atoms with Crippen LogP contribution in [0.3, 0.4) is 0 Å². The molecule has 1 aromatic rings. The van der Waals surface area contributed by atoms with Crippen LogP contribution in [0.25, 0.3) is 0 Å². The molecule has 1 aromatic carbocycles. The molecule has 0 saturated carbocycles. The van der Waals surface area contributed by atoms with Gasteiger partial charge in [-0.1, -0.05) is 12.1 Å². The van der Waals surface area contributed by atoms with Crippen LogP contribution in [0, 0.1) is 13.8 Å². The second kappa shape index (κ2) is 6.25. The molecule has 0 aliphatic rings. The number of methoxy groups -OCH3 is 1. The lowest BCUT2D eigenvalue weighted by Crippen LogP contribution is -2.09. The van der Waals surface area contributed by atoms with Gasteiger partial charge in [-0.15, -0.1) is 0 Å². The Bertz CT molecular complexity index is 375.